The molecule has 0 heterocycles. The lowest BCUT2D eigenvalue weighted by atomic mass is 9.86. The number of hydrogen-bond acceptors (Lipinski definition) is 2. The van der Waals surface area contributed by atoms with Crippen LogP contribution in [0.15, 0.2) is 84.9 Å². The fourth-order valence-corrected chi connectivity index (χ4v) is 3.04. The van der Waals surface area contributed by atoms with Gasteiger partial charge in [-0.25, -0.2) is 0 Å². The van der Waals surface area contributed by atoms with Crippen molar-refractivity contribution in [2.24, 2.45) is 0 Å². The Kier molecular flexibility index (Phi) is 7.24. The van der Waals surface area contributed by atoms with Crippen LogP contribution in [-0.4, -0.2) is 11.7 Å². The van der Waals surface area contributed by atoms with E-state index in [9.17, 15) is 18.3 Å². The van der Waals surface area contributed by atoms with Crippen LogP contribution in [0.2, 0.25) is 0 Å². The smallest absolute Gasteiger partial charge is 0.379 e. The molecule has 0 aliphatic rings. The minimum Gasteiger partial charge on any atom is -0.379 e. The van der Waals surface area contributed by atoms with Crippen LogP contribution in [0.25, 0.3) is 0 Å². The van der Waals surface area contributed by atoms with Crippen molar-refractivity contribution in [1.29, 1.82) is 0 Å². The van der Waals surface area contributed by atoms with E-state index in [2.05, 4.69) is 5.32 Å². The van der Waals surface area contributed by atoms with Gasteiger partial charge in [-0.2, -0.15) is 13.2 Å². The molecule has 2 nitrogen and oxygen atoms in total. The highest BCUT2D eigenvalue weighted by Crippen LogP contribution is 2.30. The monoisotopic (exact) mass is 407 g/mol. The van der Waals surface area contributed by atoms with Crippen molar-refractivity contribution in [2.75, 3.05) is 6.54 Å². The molecule has 2 N–H and O–H groups in total. The van der Waals surface area contributed by atoms with E-state index in [0.717, 1.165) is 12.1 Å². The van der Waals surface area contributed by atoms with Crippen LogP contribution in [-0.2, 0) is 18.3 Å². The van der Waals surface area contributed by atoms with Crippen LogP contribution in [0.3, 0.4) is 0 Å². The van der Waals surface area contributed by atoms with E-state index in [4.69, 9.17) is 0 Å². The van der Waals surface area contributed by atoms with Crippen LogP contribution in [0.4, 0.5) is 13.2 Å². The Balaban J connectivity index is 0.00000280. The van der Waals surface area contributed by atoms with E-state index in [1.807, 2.05) is 60.7 Å². The first-order chi connectivity index (χ1) is 12.9. The summed E-state index contributed by atoms with van der Waals surface area (Å²) in [6.45, 7) is 0.378. The maximum atomic E-state index is 12.9. The standard InChI is InChI=1S/C22H20F3NO.ClH/c23-22(24,25)20-13-7-8-17(14-20)15-26-16-21(27,18-9-3-1-4-10-18)19-11-5-2-6-12-19;/h1-14,26-27H,15-16H2;1H. The molecule has 28 heavy (non-hydrogen) atoms. The molecule has 0 aliphatic heterocycles. The minimum atomic E-state index is -4.37. The molecule has 0 unspecified atom stereocenters. The van der Waals surface area contributed by atoms with Crippen molar-refractivity contribution < 1.29 is 18.3 Å². The van der Waals surface area contributed by atoms with Crippen LogP contribution < -0.4 is 5.32 Å². The SMILES string of the molecule is Cl.OC(CNCc1cccc(C(F)(F)F)c1)(c1ccccc1)c1ccccc1. The highest BCUT2D eigenvalue weighted by molar-refractivity contribution is 5.85. The molecule has 148 valence electrons. The van der Waals surface area contributed by atoms with Gasteiger partial charge in [-0.1, -0.05) is 78.9 Å². The Morgan fingerprint density at radius 2 is 1.21 bits per heavy atom. The number of alkyl halides is 3. The number of hydrogen-bond donors (Lipinski definition) is 2. The fraction of sp³-hybridized carbons (Fsp3) is 0.182. The molecule has 0 spiro atoms. The Bertz CT molecular complexity index is 830. The third-order valence-corrected chi connectivity index (χ3v) is 4.47. The Morgan fingerprint density at radius 3 is 1.71 bits per heavy atom. The first-order valence-electron chi connectivity index (χ1n) is 8.60. The van der Waals surface area contributed by atoms with Gasteiger partial charge in [0.15, 0.2) is 0 Å². The van der Waals surface area contributed by atoms with Gasteiger partial charge in [0.2, 0.25) is 0 Å². The zero-order chi connectivity index (χ0) is 19.3. The number of rotatable bonds is 6. The molecule has 0 aliphatic carbocycles. The highest BCUT2D eigenvalue weighted by atomic mass is 35.5. The molecule has 3 rings (SSSR count). The summed E-state index contributed by atoms with van der Waals surface area (Å²) in [6, 6.07) is 23.6. The molecule has 0 radical (unpaired) electrons. The Morgan fingerprint density at radius 1 is 0.714 bits per heavy atom. The van der Waals surface area contributed by atoms with E-state index in [-0.39, 0.29) is 25.5 Å². The maximum Gasteiger partial charge on any atom is 0.416 e. The zero-order valence-electron chi connectivity index (χ0n) is 15.0. The van der Waals surface area contributed by atoms with Crippen LogP contribution in [0.5, 0.6) is 0 Å². The van der Waals surface area contributed by atoms with E-state index in [1.165, 1.54) is 6.07 Å². The lowest BCUT2D eigenvalue weighted by Gasteiger charge is -2.30. The van der Waals surface area contributed by atoms with Gasteiger partial charge < -0.3 is 10.4 Å². The molecule has 0 bridgehead atoms. The Hall–Kier alpha value is -2.34. The number of halogens is 4. The van der Waals surface area contributed by atoms with E-state index >= 15 is 0 Å². The second kappa shape index (κ2) is 9.24. The molecule has 0 amide bonds. The molecule has 0 atom stereocenters. The second-order valence-corrected chi connectivity index (χ2v) is 6.39. The molecule has 6 heteroatoms. The predicted octanol–water partition coefficient (Wildman–Crippen LogP) is 5.15. The van der Waals surface area contributed by atoms with E-state index in [0.29, 0.717) is 16.7 Å². The summed E-state index contributed by atoms with van der Waals surface area (Å²) >= 11 is 0. The predicted molar refractivity (Wildman–Crippen MR) is 106 cm³/mol. The summed E-state index contributed by atoms with van der Waals surface area (Å²) in [5, 5.41) is 14.5. The first-order valence-corrected chi connectivity index (χ1v) is 8.60. The quantitative estimate of drug-likeness (QED) is 0.592. The van der Waals surface area contributed by atoms with Crippen molar-refractivity contribution in [3.05, 3.63) is 107 Å². The summed E-state index contributed by atoms with van der Waals surface area (Å²) in [5.41, 5.74) is -0.0265. The van der Waals surface area contributed by atoms with Crippen LogP contribution in [0, 0.1) is 0 Å². The second-order valence-electron chi connectivity index (χ2n) is 6.39. The van der Waals surface area contributed by atoms with Gasteiger partial charge in [-0.3, -0.25) is 0 Å². The van der Waals surface area contributed by atoms with Gasteiger partial charge >= 0.3 is 6.18 Å². The summed E-state index contributed by atoms with van der Waals surface area (Å²) in [6.07, 6.45) is -4.37. The summed E-state index contributed by atoms with van der Waals surface area (Å²) in [4.78, 5) is 0. The van der Waals surface area contributed by atoms with Crippen LogP contribution >= 0.6 is 12.4 Å². The highest BCUT2D eigenvalue weighted by Gasteiger charge is 2.32. The number of aliphatic hydroxyl groups is 1. The van der Waals surface area contributed by atoms with Crippen molar-refractivity contribution >= 4 is 12.4 Å². The summed E-state index contributed by atoms with van der Waals surface area (Å²) < 4.78 is 38.6. The van der Waals surface area contributed by atoms with Crippen molar-refractivity contribution in [3.8, 4) is 0 Å². The van der Waals surface area contributed by atoms with E-state index in [1.54, 1.807) is 6.07 Å². The molecule has 0 aromatic heterocycles. The molecular formula is C22H21ClF3NO. The normalized spacial score (nSPS) is 11.7. The fourth-order valence-electron chi connectivity index (χ4n) is 3.04. The topological polar surface area (TPSA) is 32.3 Å². The molecule has 0 fully saturated rings. The summed E-state index contributed by atoms with van der Waals surface area (Å²) in [5.74, 6) is 0. The average molecular weight is 408 g/mol. The maximum absolute atomic E-state index is 12.9. The molecule has 0 saturated heterocycles. The third-order valence-electron chi connectivity index (χ3n) is 4.47. The van der Waals surface area contributed by atoms with Gasteiger partial charge in [0.05, 0.1) is 5.56 Å². The molecule has 3 aromatic carbocycles. The average Bonchev–Trinajstić information content (AvgIpc) is 2.69. The largest absolute Gasteiger partial charge is 0.416 e. The van der Waals surface area contributed by atoms with Crippen molar-refractivity contribution in [3.63, 3.8) is 0 Å². The third kappa shape index (κ3) is 5.13. The van der Waals surface area contributed by atoms with Crippen LogP contribution in [0.1, 0.15) is 22.3 Å². The van der Waals surface area contributed by atoms with Gasteiger partial charge in [-0.05, 0) is 22.8 Å². The van der Waals surface area contributed by atoms with Crippen molar-refractivity contribution in [2.45, 2.75) is 18.3 Å². The van der Waals surface area contributed by atoms with Crippen molar-refractivity contribution in [1.82, 2.24) is 5.32 Å². The van der Waals surface area contributed by atoms with E-state index < -0.39 is 17.3 Å². The lowest BCUT2D eigenvalue weighted by molar-refractivity contribution is -0.137. The van der Waals surface area contributed by atoms with Gasteiger partial charge in [0, 0.05) is 13.1 Å². The molecular weight excluding hydrogens is 387 g/mol. The molecule has 3 aromatic rings. The number of nitrogens with one attached hydrogen (secondary N) is 1. The van der Waals surface area contributed by atoms with Gasteiger partial charge in [-0.15, -0.1) is 12.4 Å². The molecule has 0 saturated carbocycles. The number of benzene rings is 3. The zero-order valence-corrected chi connectivity index (χ0v) is 15.8. The minimum absolute atomic E-state index is 0. The first kappa shape index (κ1) is 22.0. The van der Waals surface area contributed by atoms with Gasteiger partial charge in [0.1, 0.15) is 5.60 Å². The van der Waals surface area contributed by atoms with Gasteiger partial charge in [0.25, 0.3) is 0 Å². The Labute approximate surface area is 168 Å². The summed E-state index contributed by atoms with van der Waals surface area (Å²) in [7, 11) is 0. The lowest BCUT2D eigenvalue weighted by Crippen LogP contribution is -2.39.